The number of unbranched alkanes of at least 4 members (excludes halogenated alkanes) is 18. The van der Waals surface area contributed by atoms with Crippen LogP contribution < -0.4 is 0 Å². The van der Waals surface area contributed by atoms with Crippen LogP contribution in [0.1, 0.15) is 226 Å². The molecule has 0 fully saturated rings. The lowest BCUT2D eigenvalue weighted by Gasteiger charge is -2.18. The van der Waals surface area contributed by atoms with Crippen LogP contribution in [0.4, 0.5) is 0 Å². The zero-order valence-electron chi connectivity index (χ0n) is 41.8. The van der Waals surface area contributed by atoms with Crippen LogP contribution in [0, 0.1) is 0 Å². The summed E-state index contributed by atoms with van der Waals surface area (Å²) in [5.41, 5.74) is 0. The highest BCUT2D eigenvalue weighted by atomic mass is 16.6. The van der Waals surface area contributed by atoms with Gasteiger partial charge in [-0.3, -0.25) is 9.59 Å². The molecule has 0 aromatic rings. The molecule has 5 heteroatoms. The first-order chi connectivity index (χ1) is 31.6. The van der Waals surface area contributed by atoms with E-state index in [0.717, 1.165) is 116 Å². The van der Waals surface area contributed by atoms with Crippen molar-refractivity contribution >= 4 is 11.9 Å². The van der Waals surface area contributed by atoms with E-state index >= 15 is 0 Å². The Morgan fingerprint density at radius 3 is 1.12 bits per heavy atom. The van der Waals surface area contributed by atoms with Crippen LogP contribution in [0.2, 0.25) is 0 Å². The summed E-state index contributed by atoms with van der Waals surface area (Å²) in [6.45, 7) is 7.37. The topological polar surface area (TPSA) is 61.8 Å². The summed E-state index contributed by atoms with van der Waals surface area (Å²) >= 11 is 0. The molecule has 0 spiro atoms. The molecule has 0 aliphatic carbocycles. The molecular formula is C59H98O5. The van der Waals surface area contributed by atoms with Gasteiger partial charge >= 0.3 is 11.9 Å². The molecule has 0 amide bonds. The fourth-order valence-electron chi connectivity index (χ4n) is 6.98. The van der Waals surface area contributed by atoms with Crippen molar-refractivity contribution in [3.8, 4) is 0 Å². The van der Waals surface area contributed by atoms with Crippen LogP contribution in [-0.2, 0) is 23.8 Å². The maximum absolute atomic E-state index is 12.8. The first-order valence-electron chi connectivity index (χ1n) is 26.4. The monoisotopic (exact) mass is 887 g/mol. The van der Waals surface area contributed by atoms with E-state index in [9.17, 15) is 9.59 Å². The Morgan fingerprint density at radius 1 is 0.359 bits per heavy atom. The number of esters is 2. The molecule has 0 aliphatic heterocycles. The summed E-state index contributed by atoms with van der Waals surface area (Å²) in [5, 5.41) is 0. The predicted octanol–water partition coefficient (Wildman–Crippen LogP) is 18.0. The van der Waals surface area contributed by atoms with Crippen molar-refractivity contribution in [3.05, 3.63) is 109 Å². The summed E-state index contributed by atoms with van der Waals surface area (Å²) in [6, 6.07) is 0. The highest BCUT2D eigenvalue weighted by Gasteiger charge is 2.17. The number of ether oxygens (including phenoxy) is 3. The number of carbonyl (C=O) groups is 2. The zero-order chi connectivity index (χ0) is 46.3. The normalized spacial score (nSPS) is 13.1. The minimum atomic E-state index is -0.591. The summed E-state index contributed by atoms with van der Waals surface area (Å²) in [5.74, 6) is -0.466. The number of hydrogen-bond acceptors (Lipinski definition) is 5. The van der Waals surface area contributed by atoms with E-state index in [1.54, 1.807) is 0 Å². The van der Waals surface area contributed by atoms with Gasteiger partial charge in [0.2, 0.25) is 0 Å². The number of hydrogen-bond donors (Lipinski definition) is 0. The fourth-order valence-corrected chi connectivity index (χ4v) is 6.98. The lowest BCUT2D eigenvalue weighted by Crippen LogP contribution is -2.30. The van der Waals surface area contributed by atoms with Crippen LogP contribution >= 0.6 is 0 Å². The van der Waals surface area contributed by atoms with Gasteiger partial charge in [0, 0.05) is 12.8 Å². The van der Waals surface area contributed by atoms with Crippen molar-refractivity contribution in [2.45, 2.75) is 232 Å². The maximum atomic E-state index is 12.8. The Bertz CT molecular complexity index is 1280. The number of allylic oxidation sites excluding steroid dienone is 17. The third-order valence-electron chi connectivity index (χ3n) is 10.8. The summed E-state index contributed by atoms with van der Waals surface area (Å²) in [7, 11) is 0. The van der Waals surface area contributed by atoms with Gasteiger partial charge in [-0.05, 0) is 89.9 Å². The zero-order valence-corrected chi connectivity index (χ0v) is 41.8. The maximum Gasteiger partial charge on any atom is 0.306 e. The molecule has 0 bridgehead atoms. The van der Waals surface area contributed by atoms with E-state index in [0.29, 0.717) is 19.4 Å². The first kappa shape index (κ1) is 60.6. The molecular weight excluding hydrogens is 789 g/mol. The second kappa shape index (κ2) is 53.9. The molecule has 5 nitrogen and oxygen atoms in total. The molecule has 0 aromatic heterocycles. The van der Waals surface area contributed by atoms with Gasteiger partial charge in [0.15, 0.2) is 6.10 Å². The van der Waals surface area contributed by atoms with Crippen molar-refractivity contribution in [1.82, 2.24) is 0 Å². The molecule has 0 heterocycles. The van der Waals surface area contributed by atoms with Crippen LogP contribution in [0.25, 0.3) is 0 Å². The molecule has 0 radical (unpaired) electrons. The first-order valence-corrected chi connectivity index (χ1v) is 26.4. The highest BCUT2D eigenvalue weighted by Crippen LogP contribution is 2.15. The van der Waals surface area contributed by atoms with Crippen LogP contribution in [0.5, 0.6) is 0 Å². The Kier molecular flexibility index (Phi) is 51.0. The van der Waals surface area contributed by atoms with Crippen molar-refractivity contribution in [1.29, 1.82) is 0 Å². The Hall–Kier alpha value is -3.44. The third kappa shape index (κ3) is 51.2. The Balaban J connectivity index is 4.43. The molecule has 1 unspecified atom stereocenters. The second-order valence-electron chi connectivity index (χ2n) is 17.0. The molecule has 0 saturated carbocycles. The minimum absolute atomic E-state index is 0.0386. The number of carbonyl (C=O) groups excluding carboxylic acids is 2. The van der Waals surface area contributed by atoms with E-state index < -0.39 is 6.10 Å². The predicted molar refractivity (Wildman–Crippen MR) is 279 cm³/mol. The van der Waals surface area contributed by atoms with Gasteiger partial charge < -0.3 is 14.2 Å². The van der Waals surface area contributed by atoms with Gasteiger partial charge in [0.25, 0.3) is 0 Å². The third-order valence-corrected chi connectivity index (χ3v) is 10.8. The van der Waals surface area contributed by atoms with E-state index in [4.69, 9.17) is 14.2 Å². The molecule has 0 aromatic carbocycles. The smallest absolute Gasteiger partial charge is 0.306 e. The molecule has 64 heavy (non-hydrogen) atoms. The SMILES string of the molecule is CC/C=C\C/C=C\C/C=C\C/C=C\C/C=C\CCOCC(COC(=O)CCCCCC/C=C\C/C=C\C/C=C\C/C=C\CC)OC(=O)CCCCCCCCCCCCCCCCC. The fraction of sp³-hybridized carbons (Fsp3) is 0.661. The Labute approximate surface area is 395 Å². The molecule has 1 atom stereocenters. The lowest BCUT2D eigenvalue weighted by atomic mass is 10.0. The van der Waals surface area contributed by atoms with Gasteiger partial charge in [-0.1, -0.05) is 233 Å². The average molecular weight is 887 g/mol. The van der Waals surface area contributed by atoms with E-state index in [1.165, 1.54) is 77.0 Å². The second-order valence-corrected chi connectivity index (χ2v) is 17.0. The quantitative estimate of drug-likeness (QED) is 0.0346. The van der Waals surface area contributed by atoms with Crippen molar-refractivity contribution in [2.24, 2.45) is 0 Å². The molecule has 364 valence electrons. The van der Waals surface area contributed by atoms with Crippen LogP contribution in [0.15, 0.2) is 109 Å². The van der Waals surface area contributed by atoms with Crippen molar-refractivity contribution < 1.29 is 23.8 Å². The van der Waals surface area contributed by atoms with Gasteiger partial charge in [0.05, 0.1) is 13.2 Å². The largest absolute Gasteiger partial charge is 0.462 e. The summed E-state index contributed by atoms with van der Waals surface area (Å²) < 4.78 is 17.3. The summed E-state index contributed by atoms with van der Waals surface area (Å²) in [6.07, 6.45) is 74.0. The van der Waals surface area contributed by atoms with Gasteiger partial charge in [-0.2, -0.15) is 0 Å². The van der Waals surface area contributed by atoms with Crippen LogP contribution in [-0.4, -0.2) is 37.9 Å². The van der Waals surface area contributed by atoms with Gasteiger partial charge in [0.1, 0.15) is 6.61 Å². The molecule has 0 saturated heterocycles. The Morgan fingerprint density at radius 2 is 0.703 bits per heavy atom. The van der Waals surface area contributed by atoms with Crippen molar-refractivity contribution in [2.75, 3.05) is 19.8 Å². The number of rotatable bonds is 47. The van der Waals surface area contributed by atoms with E-state index in [2.05, 4.69) is 130 Å². The molecule has 0 aliphatic rings. The standard InChI is InChI=1S/C59H98O5/c1-4-7-10-13-16-19-22-25-28-30-32-34-37-40-43-46-49-52-58(60)63-56-57(55-62-54-51-48-45-42-39-36-33-29-26-23-20-17-14-11-8-5-2)64-59(61)53-50-47-44-41-38-35-31-27-24-21-18-15-12-9-6-3/h7-8,10-11,16-17,19-20,25-26,28-29,32,34,36,39,45,48,57H,4-6,9,12-15,18,21-24,27,30-31,33,35,37-38,40-44,46-47,49-56H2,1-3H3/b10-7-,11-8-,19-16-,20-17-,28-25-,29-26-,34-32-,39-36-,48-45-. The average Bonchev–Trinajstić information content (AvgIpc) is 3.30. The van der Waals surface area contributed by atoms with E-state index in [-0.39, 0.29) is 25.2 Å². The lowest BCUT2D eigenvalue weighted by molar-refractivity contribution is -0.162. The van der Waals surface area contributed by atoms with Gasteiger partial charge in [-0.15, -0.1) is 0 Å². The van der Waals surface area contributed by atoms with Gasteiger partial charge in [-0.25, -0.2) is 0 Å². The molecule has 0 N–H and O–H groups in total. The minimum Gasteiger partial charge on any atom is -0.462 e. The highest BCUT2D eigenvalue weighted by molar-refractivity contribution is 5.70. The van der Waals surface area contributed by atoms with Crippen molar-refractivity contribution in [3.63, 3.8) is 0 Å². The summed E-state index contributed by atoms with van der Waals surface area (Å²) in [4.78, 5) is 25.4. The van der Waals surface area contributed by atoms with Crippen LogP contribution in [0.3, 0.4) is 0 Å². The molecule has 0 rings (SSSR count). The van der Waals surface area contributed by atoms with E-state index in [1.807, 2.05) is 0 Å².